The van der Waals surface area contributed by atoms with E-state index in [9.17, 15) is 5.11 Å². The fourth-order valence-corrected chi connectivity index (χ4v) is 3.67. The van der Waals surface area contributed by atoms with Gasteiger partial charge in [0.1, 0.15) is 5.52 Å². The number of aliphatic hydroxyl groups is 1. The van der Waals surface area contributed by atoms with E-state index in [0.717, 1.165) is 28.4 Å². The van der Waals surface area contributed by atoms with E-state index in [2.05, 4.69) is 39.7 Å². The molecule has 0 fully saturated rings. The molecule has 0 radical (unpaired) electrons. The number of hydrogen-bond acceptors (Lipinski definition) is 3. The molecule has 112 valence electrons. The standard InChI is InChI=1S/C18H19N3O/c1-2-16(18(22)9-5-6-10-18)21-12-20-15-11-19-14-8-4-3-7-13(14)17(15)21/h3-8,11-12,16,22H,2,9-10H2,1H3. The lowest BCUT2D eigenvalue weighted by atomic mass is 9.89. The van der Waals surface area contributed by atoms with Crippen molar-refractivity contribution in [3.05, 3.63) is 48.9 Å². The molecule has 0 bridgehead atoms. The Kier molecular flexibility index (Phi) is 3.01. The van der Waals surface area contributed by atoms with E-state index in [1.165, 1.54) is 0 Å². The second-order valence-corrected chi connectivity index (χ2v) is 6.07. The predicted octanol–water partition coefficient (Wildman–Crippen LogP) is 3.62. The largest absolute Gasteiger partial charge is 0.387 e. The minimum atomic E-state index is -0.716. The van der Waals surface area contributed by atoms with Gasteiger partial charge in [-0.15, -0.1) is 0 Å². The van der Waals surface area contributed by atoms with Gasteiger partial charge in [0, 0.05) is 5.39 Å². The molecule has 0 amide bonds. The third kappa shape index (κ3) is 1.87. The maximum Gasteiger partial charge on any atom is 0.107 e. The lowest BCUT2D eigenvalue weighted by molar-refractivity contribution is -0.000873. The fraction of sp³-hybridized carbons (Fsp3) is 0.333. The molecular formula is C18H19N3O. The summed E-state index contributed by atoms with van der Waals surface area (Å²) in [5.41, 5.74) is 2.19. The van der Waals surface area contributed by atoms with Gasteiger partial charge in [-0.2, -0.15) is 0 Å². The fourth-order valence-electron chi connectivity index (χ4n) is 3.67. The maximum absolute atomic E-state index is 11.0. The Labute approximate surface area is 129 Å². The van der Waals surface area contributed by atoms with Gasteiger partial charge in [-0.25, -0.2) is 4.98 Å². The number of aromatic nitrogens is 3. The summed E-state index contributed by atoms with van der Waals surface area (Å²) in [6, 6.07) is 8.12. The maximum atomic E-state index is 11.0. The lowest BCUT2D eigenvalue weighted by Crippen LogP contribution is -2.36. The summed E-state index contributed by atoms with van der Waals surface area (Å²) < 4.78 is 2.15. The van der Waals surface area contributed by atoms with Crippen LogP contribution in [0.1, 0.15) is 32.2 Å². The molecule has 3 aromatic rings. The Balaban J connectivity index is 1.96. The summed E-state index contributed by atoms with van der Waals surface area (Å²) in [5, 5.41) is 12.1. The quantitative estimate of drug-likeness (QED) is 0.750. The zero-order valence-corrected chi connectivity index (χ0v) is 12.6. The van der Waals surface area contributed by atoms with Crippen LogP contribution in [0.25, 0.3) is 21.9 Å². The average Bonchev–Trinajstić information content (AvgIpc) is 3.16. The van der Waals surface area contributed by atoms with Crippen LogP contribution in [0.15, 0.2) is 48.9 Å². The lowest BCUT2D eigenvalue weighted by Gasteiger charge is -2.33. The highest BCUT2D eigenvalue weighted by Crippen LogP contribution is 2.39. The molecule has 0 saturated heterocycles. The first-order valence-corrected chi connectivity index (χ1v) is 7.80. The summed E-state index contributed by atoms with van der Waals surface area (Å²) in [6.45, 7) is 2.12. The van der Waals surface area contributed by atoms with E-state index in [0.29, 0.717) is 12.8 Å². The first-order chi connectivity index (χ1) is 10.7. The van der Waals surface area contributed by atoms with Gasteiger partial charge in [0.2, 0.25) is 0 Å². The van der Waals surface area contributed by atoms with Gasteiger partial charge < -0.3 is 9.67 Å². The molecule has 4 heteroatoms. The van der Waals surface area contributed by atoms with Gasteiger partial charge in [-0.1, -0.05) is 37.3 Å². The van der Waals surface area contributed by atoms with Crippen molar-refractivity contribution in [1.29, 1.82) is 0 Å². The number of fused-ring (bicyclic) bond motifs is 3. The highest BCUT2D eigenvalue weighted by Gasteiger charge is 2.38. The van der Waals surface area contributed by atoms with Crippen molar-refractivity contribution < 1.29 is 5.11 Å². The van der Waals surface area contributed by atoms with Gasteiger partial charge in [0.25, 0.3) is 0 Å². The van der Waals surface area contributed by atoms with Crippen molar-refractivity contribution in [3.63, 3.8) is 0 Å². The third-order valence-electron chi connectivity index (χ3n) is 4.76. The number of para-hydroxylation sites is 1. The number of imidazole rings is 1. The predicted molar refractivity (Wildman–Crippen MR) is 87.7 cm³/mol. The van der Waals surface area contributed by atoms with Crippen molar-refractivity contribution in [1.82, 2.24) is 14.5 Å². The topological polar surface area (TPSA) is 50.9 Å². The molecule has 1 unspecified atom stereocenters. The minimum absolute atomic E-state index is 0.0123. The Bertz CT molecular complexity index is 857. The van der Waals surface area contributed by atoms with E-state index in [1.807, 2.05) is 30.7 Å². The Morgan fingerprint density at radius 1 is 1.18 bits per heavy atom. The van der Waals surface area contributed by atoms with Gasteiger partial charge in [-0.05, 0) is 25.3 Å². The molecule has 1 aliphatic rings. The van der Waals surface area contributed by atoms with Crippen LogP contribution in [0.5, 0.6) is 0 Å². The van der Waals surface area contributed by atoms with Crippen molar-refractivity contribution in [2.45, 2.75) is 37.8 Å². The van der Waals surface area contributed by atoms with Gasteiger partial charge in [0.05, 0.1) is 35.2 Å². The molecule has 0 aliphatic heterocycles. The van der Waals surface area contributed by atoms with Crippen molar-refractivity contribution in [3.8, 4) is 0 Å². The van der Waals surface area contributed by atoms with E-state index < -0.39 is 5.60 Å². The van der Waals surface area contributed by atoms with Gasteiger partial charge in [-0.3, -0.25) is 4.98 Å². The van der Waals surface area contributed by atoms with Crippen LogP contribution >= 0.6 is 0 Å². The Morgan fingerprint density at radius 2 is 1.95 bits per heavy atom. The van der Waals surface area contributed by atoms with E-state index in [4.69, 9.17) is 0 Å². The molecule has 4 nitrogen and oxygen atoms in total. The third-order valence-corrected chi connectivity index (χ3v) is 4.76. The first kappa shape index (κ1) is 13.5. The molecule has 0 spiro atoms. The molecule has 1 N–H and O–H groups in total. The van der Waals surface area contributed by atoms with Crippen LogP contribution in [-0.2, 0) is 0 Å². The zero-order chi connectivity index (χ0) is 15.2. The van der Waals surface area contributed by atoms with E-state index >= 15 is 0 Å². The average molecular weight is 293 g/mol. The van der Waals surface area contributed by atoms with Crippen molar-refractivity contribution in [2.24, 2.45) is 0 Å². The Hall–Kier alpha value is -2.20. The number of nitrogens with zero attached hydrogens (tertiary/aromatic N) is 3. The number of hydrogen-bond donors (Lipinski definition) is 1. The number of benzene rings is 1. The van der Waals surface area contributed by atoms with E-state index in [-0.39, 0.29) is 6.04 Å². The molecular weight excluding hydrogens is 274 g/mol. The number of rotatable bonds is 3. The van der Waals surface area contributed by atoms with Gasteiger partial charge in [0.15, 0.2) is 0 Å². The molecule has 1 aromatic carbocycles. The monoisotopic (exact) mass is 293 g/mol. The molecule has 4 rings (SSSR count). The second-order valence-electron chi connectivity index (χ2n) is 6.07. The summed E-state index contributed by atoms with van der Waals surface area (Å²) in [7, 11) is 0. The summed E-state index contributed by atoms with van der Waals surface area (Å²) in [4.78, 5) is 8.98. The molecule has 22 heavy (non-hydrogen) atoms. The first-order valence-electron chi connectivity index (χ1n) is 7.80. The zero-order valence-electron chi connectivity index (χ0n) is 12.6. The summed E-state index contributed by atoms with van der Waals surface area (Å²) in [6.07, 6.45) is 10.1. The summed E-state index contributed by atoms with van der Waals surface area (Å²) >= 11 is 0. The van der Waals surface area contributed by atoms with Crippen LogP contribution in [0.2, 0.25) is 0 Å². The van der Waals surface area contributed by atoms with Crippen molar-refractivity contribution in [2.75, 3.05) is 0 Å². The molecule has 1 aliphatic carbocycles. The Morgan fingerprint density at radius 3 is 2.73 bits per heavy atom. The molecule has 0 saturated carbocycles. The van der Waals surface area contributed by atoms with Crippen LogP contribution < -0.4 is 0 Å². The smallest absolute Gasteiger partial charge is 0.107 e. The van der Waals surface area contributed by atoms with Crippen LogP contribution in [0.3, 0.4) is 0 Å². The highest BCUT2D eigenvalue weighted by molar-refractivity contribution is 6.02. The van der Waals surface area contributed by atoms with Crippen LogP contribution in [0.4, 0.5) is 0 Å². The van der Waals surface area contributed by atoms with Crippen molar-refractivity contribution >= 4 is 21.9 Å². The van der Waals surface area contributed by atoms with Crippen LogP contribution in [0, 0.1) is 0 Å². The summed E-state index contributed by atoms with van der Waals surface area (Å²) in [5.74, 6) is 0. The van der Waals surface area contributed by atoms with Crippen LogP contribution in [-0.4, -0.2) is 25.2 Å². The highest BCUT2D eigenvalue weighted by atomic mass is 16.3. The molecule has 2 heterocycles. The molecule has 2 aromatic heterocycles. The SMILES string of the molecule is CCC(n1cnc2cnc3ccccc3c21)C1(O)CC=CC1. The second kappa shape index (κ2) is 4.92. The normalized spacial score (nSPS) is 18.3. The van der Waals surface area contributed by atoms with Gasteiger partial charge >= 0.3 is 0 Å². The minimum Gasteiger partial charge on any atom is -0.387 e. The number of pyridine rings is 1. The molecule has 1 atom stereocenters. The van der Waals surface area contributed by atoms with E-state index in [1.54, 1.807) is 0 Å².